The number of thioether (sulfide) groups is 1. The first-order valence-electron chi connectivity index (χ1n) is 8.86. The van der Waals surface area contributed by atoms with Crippen molar-refractivity contribution in [3.8, 4) is 17.2 Å². The van der Waals surface area contributed by atoms with Crippen molar-refractivity contribution >= 4 is 17.7 Å². The molecule has 0 saturated heterocycles. The van der Waals surface area contributed by atoms with Crippen LogP contribution < -0.4 is 14.8 Å². The number of hydrogen-bond acceptors (Lipinski definition) is 5. The zero-order chi connectivity index (χ0) is 19.9. The zero-order valence-corrected chi connectivity index (χ0v) is 16.9. The second-order valence-corrected chi connectivity index (χ2v) is 7.42. The molecule has 7 heteroatoms. The van der Waals surface area contributed by atoms with Crippen molar-refractivity contribution in [2.24, 2.45) is 0 Å². The van der Waals surface area contributed by atoms with E-state index in [2.05, 4.69) is 10.3 Å². The molecule has 0 saturated carbocycles. The molecule has 1 aromatic heterocycles. The standard InChI is InChI=1S/C21H23N3O3S/c1-15(20(25)23-14-16-7-9-18(26-2)10-8-16)28-21-22-11-12-24(21)17-5-4-6-19(13-17)27-3/h4-13,15H,14H2,1-3H3,(H,23,25). The lowest BCUT2D eigenvalue weighted by Crippen LogP contribution is -2.30. The monoisotopic (exact) mass is 397 g/mol. The maximum Gasteiger partial charge on any atom is 0.233 e. The highest BCUT2D eigenvalue weighted by Gasteiger charge is 2.17. The number of nitrogens with one attached hydrogen (secondary N) is 1. The number of carbonyl (C=O) groups excluding carboxylic acids is 1. The summed E-state index contributed by atoms with van der Waals surface area (Å²) in [6.45, 7) is 2.34. The fraction of sp³-hybridized carbons (Fsp3) is 0.238. The molecule has 0 aliphatic carbocycles. The first-order valence-corrected chi connectivity index (χ1v) is 9.73. The third kappa shape index (κ3) is 4.86. The minimum atomic E-state index is -0.287. The molecule has 0 radical (unpaired) electrons. The fourth-order valence-electron chi connectivity index (χ4n) is 2.62. The van der Waals surface area contributed by atoms with Gasteiger partial charge in [-0.1, -0.05) is 30.0 Å². The Bertz CT molecular complexity index is 925. The number of methoxy groups -OCH3 is 2. The van der Waals surface area contributed by atoms with E-state index in [-0.39, 0.29) is 11.2 Å². The summed E-state index contributed by atoms with van der Waals surface area (Å²) in [5, 5.41) is 3.43. The molecule has 2 aromatic carbocycles. The lowest BCUT2D eigenvalue weighted by Gasteiger charge is -2.14. The van der Waals surface area contributed by atoms with Crippen molar-refractivity contribution in [3.05, 3.63) is 66.5 Å². The van der Waals surface area contributed by atoms with Crippen molar-refractivity contribution in [3.63, 3.8) is 0 Å². The number of benzene rings is 2. The van der Waals surface area contributed by atoms with Gasteiger partial charge in [0, 0.05) is 25.0 Å². The van der Waals surface area contributed by atoms with Gasteiger partial charge in [-0.3, -0.25) is 9.36 Å². The van der Waals surface area contributed by atoms with E-state index in [0.29, 0.717) is 6.54 Å². The summed E-state index contributed by atoms with van der Waals surface area (Å²) < 4.78 is 12.4. The summed E-state index contributed by atoms with van der Waals surface area (Å²) in [6.07, 6.45) is 3.60. The molecule has 1 N–H and O–H groups in total. The summed E-state index contributed by atoms with van der Waals surface area (Å²) in [7, 11) is 3.27. The molecular formula is C21H23N3O3S. The molecule has 146 valence electrons. The highest BCUT2D eigenvalue weighted by atomic mass is 32.2. The van der Waals surface area contributed by atoms with Gasteiger partial charge in [-0.2, -0.15) is 0 Å². The molecular weight excluding hydrogens is 374 g/mol. The van der Waals surface area contributed by atoms with E-state index in [1.807, 2.05) is 66.2 Å². The Morgan fingerprint density at radius 3 is 2.61 bits per heavy atom. The molecule has 0 bridgehead atoms. The number of hydrogen-bond donors (Lipinski definition) is 1. The second-order valence-electron chi connectivity index (χ2n) is 6.11. The quantitative estimate of drug-likeness (QED) is 0.588. The summed E-state index contributed by atoms with van der Waals surface area (Å²) in [6, 6.07) is 15.4. The summed E-state index contributed by atoms with van der Waals surface area (Å²) in [5.74, 6) is 1.52. The maximum absolute atomic E-state index is 12.5. The Hall–Kier alpha value is -2.93. The van der Waals surface area contributed by atoms with E-state index in [0.717, 1.165) is 27.9 Å². The molecule has 6 nitrogen and oxygen atoms in total. The van der Waals surface area contributed by atoms with Gasteiger partial charge in [0.2, 0.25) is 5.91 Å². The van der Waals surface area contributed by atoms with E-state index in [1.165, 1.54) is 11.8 Å². The molecule has 1 heterocycles. The minimum absolute atomic E-state index is 0.0407. The van der Waals surface area contributed by atoms with Crippen LogP contribution >= 0.6 is 11.8 Å². The lowest BCUT2D eigenvalue weighted by atomic mass is 10.2. The van der Waals surface area contributed by atoms with Gasteiger partial charge in [-0.05, 0) is 36.8 Å². The Kier molecular flexibility index (Phi) is 6.60. The molecule has 0 spiro atoms. The van der Waals surface area contributed by atoms with Gasteiger partial charge >= 0.3 is 0 Å². The number of amides is 1. The molecule has 3 aromatic rings. The minimum Gasteiger partial charge on any atom is -0.497 e. The number of carbonyl (C=O) groups is 1. The van der Waals surface area contributed by atoms with Crippen LogP contribution in [-0.2, 0) is 11.3 Å². The van der Waals surface area contributed by atoms with Crippen LogP contribution in [0.3, 0.4) is 0 Å². The van der Waals surface area contributed by atoms with Gasteiger partial charge in [0.15, 0.2) is 5.16 Å². The third-order valence-corrected chi connectivity index (χ3v) is 5.30. The van der Waals surface area contributed by atoms with Gasteiger partial charge < -0.3 is 14.8 Å². The SMILES string of the molecule is COc1ccc(CNC(=O)C(C)Sc2nccn2-c2cccc(OC)c2)cc1. The predicted molar refractivity (Wildman–Crippen MR) is 110 cm³/mol. The van der Waals surface area contributed by atoms with Gasteiger partial charge in [0.05, 0.1) is 25.2 Å². The number of imidazole rings is 1. The Balaban J connectivity index is 1.62. The highest BCUT2D eigenvalue weighted by molar-refractivity contribution is 8.00. The van der Waals surface area contributed by atoms with Crippen molar-refractivity contribution in [1.29, 1.82) is 0 Å². The molecule has 0 fully saturated rings. The lowest BCUT2D eigenvalue weighted by molar-refractivity contribution is -0.120. The summed E-state index contributed by atoms with van der Waals surface area (Å²) >= 11 is 1.41. The normalized spacial score (nSPS) is 11.7. The third-order valence-electron chi connectivity index (χ3n) is 4.22. The molecule has 28 heavy (non-hydrogen) atoms. The second kappa shape index (κ2) is 9.32. The molecule has 0 aliphatic heterocycles. The largest absolute Gasteiger partial charge is 0.497 e. The van der Waals surface area contributed by atoms with Crippen molar-refractivity contribution in [1.82, 2.24) is 14.9 Å². The van der Waals surface area contributed by atoms with Gasteiger partial charge in [-0.25, -0.2) is 4.98 Å². The molecule has 3 rings (SSSR count). The van der Waals surface area contributed by atoms with E-state index in [9.17, 15) is 4.79 Å². The van der Waals surface area contributed by atoms with Crippen molar-refractivity contribution in [2.75, 3.05) is 14.2 Å². The van der Waals surface area contributed by atoms with Crippen LogP contribution in [0.5, 0.6) is 11.5 Å². The fourth-order valence-corrected chi connectivity index (χ4v) is 3.53. The maximum atomic E-state index is 12.5. The van der Waals surface area contributed by atoms with Crippen LogP contribution in [0.2, 0.25) is 0 Å². The van der Waals surface area contributed by atoms with Gasteiger partial charge in [0.1, 0.15) is 11.5 Å². The topological polar surface area (TPSA) is 65.4 Å². The number of rotatable bonds is 8. The van der Waals surface area contributed by atoms with E-state index in [1.54, 1.807) is 20.4 Å². The summed E-state index contributed by atoms with van der Waals surface area (Å²) in [5.41, 5.74) is 1.95. The summed E-state index contributed by atoms with van der Waals surface area (Å²) in [4.78, 5) is 16.9. The van der Waals surface area contributed by atoms with Gasteiger partial charge in [-0.15, -0.1) is 0 Å². The van der Waals surface area contributed by atoms with Crippen molar-refractivity contribution in [2.45, 2.75) is 23.9 Å². The zero-order valence-electron chi connectivity index (χ0n) is 16.1. The average Bonchev–Trinajstić information content (AvgIpc) is 3.20. The van der Waals surface area contributed by atoms with Crippen LogP contribution in [0.4, 0.5) is 0 Å². The Labute approximate surface area is 168 Å². The van der Waals surface area contributed by atoms with Gasteiger partial charge in [0.25, 0.3) is 0 Å². The predicted octanol–water partition coefficient (Wildman–Crippen LogP) is 3.69. The number of nitrogens with zero attached hydrogens (tertiary/aromatic N) is 2. The van der Waals surface area contributed by atoms with E-state index in [4.69, 9.17) is 9.47 Å². The van der Waals surface area contributed by atoms with Crippen molar-refractivity contribution < 1.29 is 14.3 Å². The van der Waals surface area contributed by atoms with Crippen LogP contribution in [0.1, 0.15) is 12.5 Å². The van der Waals surface area contributed by atoms with Crippen LogP contribution in [0, 0.1) is 0 Å². The Morgan fingerprint density at radius 2 is 1.89 bits per heavy atom. The van der Waals surface area contributed by atoms with E-state index >= 15 is 0 Å². The first kappa shape index (κ1) is 19.8. The first-order chi connectivity index (χ1) is 13.6. The molecule has 1 atom stereocenters. The van der Waals surface area contributed by atoms with E-state index < -0.39 is 0 Å². The number of aromatic nitrogens is 2. The average molecular weight is 398 g/mol. The molecule has 1 unspecified atom stereocenters. The van der Waals surface area contributed by atoms with Crippen LogP contribution in [0.25, 0.3) is 5.69 Å². The Morgan fingerprint density at radius 1 is 1.14 bits per heavy atom. The molecule has 0 aliphatic rings. The smallest absolute Gasteiger partial charge is 0.233 e. The number of ether oxygens (including phenoxy) is 2. The highest BCUT2D eigenvalue weighted by Crippen LogP contribution is 2.26. The molecule has 1 amide bonds. The van der Waals surface area contributed by atoms with Crippen LogP contribution in [-0.4, -0.2) is 34.9 Å². The van der Waals surface area contributed by atoms with Crippen LogP contribution in [0.15, 0.2) is 66.1 Å².